The maximum Gasteiger partial charge on any atom is 0.252 e. The van der Waals surface area contributed by atoms with Gasteiger partial charge >= 0.3 is 0 Å². The molecule has 0 radical (unpaired) electrons. The van der Waals surface area contributed by atoms with E-state index in [0.717, 1.165) is 56.2 Å². The Morgan fingerprint density at radius 3 is 2.31 bits per heavy atom. The van der Waals surface area contributed by atoms with Crippen LogP contribution >= 0.6 is 0 Å². The molecule has 0 aliphatic heterocycles. The smallest absolute Gasteiger partial charge is 0.252 e. The predicted molar refractivity (Wildman–Crippen MR) is 138 cm³/mol. The quantitative estimate of drug-likeness (QED) is 0.398. The van der Waals surface area contributed by atoms with Crippen LogP contribution in [0.5, 0.6) is 0 Å². The van der Waals surface area contributed by atoms with Gasteiger partial charge in [0.2, 0.25) is 0 Å². The maximum atomic E-state index is 13.5. The van der Waals surface area contributed by atoms with Gasteiger partial charge in [0, 0.05) is 41.5 Å². The number of amides is 1. The van der Waals surface area contributed by atoms with E-state index >= 15 is 0 Å². The molecule has 0 bridgehead atoms. The number of carbonyl (C=O) groups excluding carboxylic acids is 1. The molecule has 7 nitrogen and oxygen atoms in total. The Morgan fingerprint density at radius 1 is 0.886 bits per heavy atom. The van der Waals surface area contributed by atoms with E-state index in [1.165, 1.54) is 0 Å². The Balaban J connectivity index is 1.50. The molecular formula is C28H28N6O. The third-order valence-corrected chi connectivity index (χ3v) is 6.59. The van der Waals surface area contributed by atoms with Gasteiger partial charge in [-0.25, -0.2) is 9.67 Å². The molecule has 7 heteroatoms. The molecule has 0 saturated carbocycles. The molecule has 0 atom stereocenters. The molecule has 5 aromatic rings. The van der Waals surface area contributed by atoms with Crippen molar-refractivity contribution in [2.45, 2.75) is 34.2 Å². The highest BCUT2D eigenvalue weighted by Crippen LogP contribution is 2.29. The van der Waals surface area contributed by atoms with Crippen LogP contribution in [0, 0.1) is 27.7 Å². The molecule has 3 aromatic heterocycles. The highest BCUT2D eigenvalue weighted by atomic mass is 16.1. The zero-order valence-corrected chi connectivity index (χ0v) is 20.6. The number of aryl methyl sites for hydroxylation is 3. The van der Waals surface area contributed by atoms with Crippen LogP contribution in [0.25, 0.3) is 27.8 Å². The molecule has 0 unspecified atom stereocenters. The van der Waals surface area contributed by atoms with Gasteiger partial charge in [0.15, 0.2) is 0 Å². The number of aromatic nitrogens is 5. The SMILES string of the molecule is Cc1nn(-c2ccccc2)c(C)c1CNC(=O)c1cc(-c2c(C)nn(C)c2C)nc2ccccc12. The van der Waals surface area contributed by atoms with E-state index in [9.17, 15) is 4.79 Å². The summed E-state index contributed by atoms with van der Waals surface area (Å²) in [6.45, 7) is 8.38. The highest BCUT2D eigenvalue weighted by molar-refractivity contribution is 6.07. The monoisotopic (exact) mass is 464 g/mol. The van der Waals surface area contributed by atoms with Gasteiger partial charge in [-0.05, 0) is 52.0 Å². The third-order valence-electron chi connectivity index (χ3n) is 6.59. The molecule has 0 saturated heterocycles. The molecule has 1 amide bonds. The van der Waals surface area contributed by atoms with Crippen LogP contribution in [0.4, 0.5) is 0 Å². The van der Waals surface area contributed by atoms with Gasteiger partial charge in [-0.1, -0.05) is 36.4 Å². The summed E-state index contributed by atoms with van der Waals surface area (Å²) in [6.07, 6.45) is 0. The van der Waals surface area contributed by atoms with Crippen LogP contribution in [-0.2, 0) is 13.6 Å². The van der Waals surface area contributed by atoms with Crippen molar-refractivity contribution in [2.24, 2.45) is 7.05 Å². The van der Waals surface area contributed by atoms with E-state index in [1.807, 2.05) is 105 Å². The van der Waals surface area contributed by atoms with E-state index in [2.05, 4.69) is 10.4 Å². The van der Waals surface area contributed by atoms with Gasteiger partial charge in [0.1, 0.15) is 0 Å². The second-order valence-corrected chi connectivity index (χ2v) is 8.82. The summed E-state index contributed by atoms with van der Waals surface area (Å²) in [5.74, 6) is -0.143. The molecule has 0 fully saturated rings. The fourth-order valence-corrected chi connectivity index (χ4v) is 4.65. The van der Waals surface area contributed by atoms with E-state index in [0.29, 0.717) is 12.1 Å². The Morgan fingerprint density at radius 2 is 1.60 bits per heavy atom. The first kappa shape index (κ1) is 22.5. The molecule has 1 N–H and O–H groups in total. The summed E-state index contributed by atoms with van der Waals surface area (Å²) >= 11 is 0. The van der Waals surface area contributed by atoms with Crippen LogP contribution in [0.3, 0.4) is 0 Å². The van der Waals surface area contributed by atoms with Crippen molar-refractivity contribution in [3.8, 4) is 16.9 Å². The summed E-state index contributed by atoms with van der Waals surface area (Å²) in [4.78, 5) is 18.4. The summed E-state index contributed by atoms with van der Waals surface area (Å²) in [5, 5.41) is 13.2. The van der Waals surface area contributed by atoms with Crippen molar-refractivity contribution in [1.29, 1.82) is 0 Å². The van der Waals surface area contributed by atoms with Crippen LogP contribution in [0.1, 0.15) is 38.7 Å². The number of nitrogens with zero attached hydrogens (tertiary/aromatic N) is 5. The summed E-state index contributed by atoms with van der Waals surface area (Å²) in [5.41, 5.74) is 8.90. The fraction of sp³-hybridized carbons (Fsp3) is 0.214. The van der Waals surface area contributed by atoms with E-state index in [-0.39, 0.29) is 5.91 Å². The molecule has 5 rings (SSSR count). The predicted octanol–water partition coefficient (Wildman–Crippen LogP) is 4.98. The lowest BCUT2D eigenvalue weighted by Crippen LogP contribution is -2.24. The van der Waals surface area contributed by atoms with Gasteiger partial charge in [-0.3, -0.25) is 9.48 Å². The molecule has 0 spiro atoms. The first-order valence-electron chi connectivity index (χ1n) is 11.6. The molecule has 176 valence electrons. The van der Waals surface area contributed by atoms with Crippen molar-refractivity contribution in [2.75, 3.05) is 0 Å². The number of rotatable bonds is 5. The van der Waals surface area contributed by atoms with Gasteiger partial charge < -0.3 is 5.32 Å². The second-order valence-electron chi connectivity index (χ2n) is 8.82. The number of carbonyl (C=O) groups is 1. The number of hydrogen-bond donors (Lipinski definition) is 1. The first-order chi connectivity index (χ1) is 16.8. The molecule has 35 heavy (non-hydrogen) atoms. The van der Waals surface area contributed by atoms with Crippen LogP contribution < -0.4 is 5.32 Å². The molecular weight excluding hydrogens is 436 g/mol. The van der Waals surface area contributed by atoms with E-state index in [1.54, 1.807) is 0 Å². The molecule has 2 aromatic carbocycles. The number of pyridine rings is 1. The summed E-state index contributed by atoms with van der Waals surface area (Å²) in [6, 6.07) is 19.6. The minimum Gasteiger partial charge on any atom is -0.348 e. The Bertz CT molecular complexity index is 1560. The lowest BCUT2D eigenvalue weighted by atomic mass is 10.0. The van der Waals surface area contributed by atoms with Crippen LogP contribution in [0.15, 0.2) is 60.7 Å². The highest BCUT2D eigenvalue weighted by Gasteiger charge is 2.19. The fourth-order valence-electron chi connectivity index (χ4n) is 4.65. The summed E-state index contributed by atoms with van der Waals surface area (Å²) in [7, 11) is 1.92. The second kappa shape index (κ2) is 8.83. The van der Waals surface area contributed by atoms with Crippen molar-refractivity contribution in [3.05, 3.63) is 94.6 Å². The van der Waals surface area contributed by atoms with Gasteiger partial charge in [0.05, 0.1) is 33.8 Å². The van der Waals surface area contributed by atoms with Crippen LogP contribution in [-0.4, -0.2) is 30.5 Å². The van der Waals surface area contributed by atoms with Crippen molar-refractivity contribution in [3.63, 3.8) is 0 Å². The first-order valence-corrected chi connectivity index (χ1v) is 11.6. The molecule has 0 aliphatic rings. The van der Waals surface area contributed by atoms with Gasteiger partial charge in [-0.15, -0.1) is 0 Å². The zero-order chi connectivity index (χ0) is 24.7. The Kier molecular flexibility index (Phi) is 5.68. The lowest BCUT2D eigenvalue weighted by Gasteiger charge is -2.11. The number of benzene rings is 2. The minimum atomic E-state index is -0.143. The standard InChI is InChI=1S/C28H28N6O/c1-17-24(19(3)34(32-17)21-11-7-6-8-12-21)16-29-28(35)23-15-26(27-18(2)31-33(5)20(27)4)30-25-14-10-9-13-22(23)25/h6-15H,16H2,1-5H3,(H,29,35). The minimum absolute atomic E-state index is 0.143. The number of para-hydroxylation sites is 2. The average molecular weight is 465 g/mol. The van der Waals surface area contributed by atoms with E-state index in [4.69, 9.17) is 10.1 Å². The Labute approximate surface area is 204 Å². The Hall–Kier alpha value is -4.26. The number of hydrogen-bond acceptors (Lipinski definition) is 4. The normalized spacial score (nSPS) is 11.2. The van der Waals surface area contributed by atoms with Gasteiger partial charge in [-0.2, -0.15) is 10.2 Å². The third kappa shape index (κ3) is 3.99. The summed E-state index contributed by atoms with van der Waals surface area (Å²) < 4.78 is 3.77. The van der Waals surface area contributed by atoms with Crippen LogP contribution in [0.2, 0.25) is 0 Å². The topological polar surface area (TPSA) is 77.6 Å². The van der Waals surface area contributed by atoms with Gasteiger partial charge in [0.25, 0.3) is 5.91 Å². The lowest BCUT2D eigenvalue weighted by molar-refractivity contribution is 0.0952. The average Bonchev–Trinajstić information content (AvgIpc) is 3.29. The largest absolute Gasteiger partial charge is 0.348 e. The molecule has 3 heterocycles. The van der Waals surface area contributed by atoms with Crippen molar-refractivity contribution in [1.82, 2.24) is 29.9 Å². The maximum absolute atomic E-state index is 13.5. The number of fused-ring (bicyclic) bond motifs is 1. The van der Waals surface area contributed by atoms with E-state index < -0.39 is 0 Å². The zero-order valence-electron chi connectivity index (χ0n) is 20.6. The van der Waals surface area contributed by atoms with Crippen molar-refractivity contribution < 1.29 is 4.79 Å². The van der Waals surface area contributed by atoms with Crippen molar-refractivity contribution >= 4 is 16.8 Å². The number of nitrogens with one attached hydrogen (secondary N) is 1. The molecule has 0 aliphatic carbocycles.